The van der Waals surface area contributed by atoms with Crippen molar-refractivity contribution in [2.45, 2.75) is 59.2 Å². The molecule has 2 aromatic carbocycles. The fourth-order valence-corrected chi connectivity index (χ4v) is 3.81. The van der Waals surface area contributed by atoms with E-state index in [0.717, 1.165) is 21.4 Å². The van der Waals surface area contributed by atoms with E-state index in [4.69, 9.17) is 16.3 Å². The molecule has 0 saturated carbocycles. The highest BCUT2D eigenvalue weighted by Gasteiger charge is 2.20. The Labute approximate surface area is 207 Å². The lowest BCUT2D eigenvalue weighted by Gasteiger charge is -2.17. The molecular formula is C25H29ClN4O5. The number of rotatable bonds is 9. The van der Waals surface area contributed by atoms with Gasteiger partial charge in [0, 0.05) is 5.02 Å². The van der Waals surface area contributed by atoms with Gasteiger partial charge in [0.25, 0.3) is 0 Å². The van der Waals surface area contributed by atoms with Crippen LogP contribution < -0.4 is 21.7 Å². The average Bonchev–Trinajstić information content (AvgIpc) is 2.78. The zero-order chi connectivity index (χ0) is 25.7. The van der Waals surface area contributed by atoms with Gasteiger partial charge in [-0.25, -0.2) is 19.1 Å². The Balaban J connectivity index is 2.20. The number of aryl methyl sites for hydroxylation is 1. The number of aromatic amines is 1. The van der Waals surface area contributed by atoms with E-state index in [9.17, 15) is 19.5 Å². The van der Waals surface area contributed by atoms with Crippen LogP contribution in [-0.4, -0.2) is 31.3 Å². The summed E-state index contributed by atoms with van der Waals surface area (Å²) < 4.78 is 8.04. The largest absolute Gasteiger partial charge is 0.491 e. The van der Waals surface area contributed by atoms with Crippen LogP contribution in [0.2, 0.25) is 5.02 Å². The molecule has 2 N–H and O–H groups in total. The third-order valence-corrected chi connectivity index (χ3v) is 5.64. The fourth-order valence-electron chi connectivity index (χ4n) is 3.69. The van der Waals surface area contributed by atoms with E-state index in [1.807, 2.05) is 20.8 Å². The Hall–Kier alpha value is -3.59. The third-order valence-electron chi connectivity index (χ3n) is 5.39. The minimum absolute atomic E-state index is 0.0132. The maximum Gasteiger partial charge on any atom is 0.335 e. The van der Waals surface area contributed by atoms with E-state index in [1.54, 1.807) is 49.4 Å². The van der Waals surface area contributed by atoms with Gasteiger partial charge in [0.2, 0.25) is 5.62 Å². The van der Waals surface area contributed by atoms with Crippen LogP contribution >= 0.6 is 11.6 Å². The highest BCUT2D eigenvalue weighted by Crippen LogP contribution is 2.24. The molecule has 0 saturated heterocycles. The van der Waals surface area contributed by atoms with Crippen LogP contribution in [0.3, 0.4) is 0 Å². The normalized spacial score (nSPS) is 12.7. The van der Waals surface area contributed by atoms with Crippen LogP contribution in [0.1, 0.15) is 50.8 Å². The number of nitrogens with zero attached hydrogens (tertiary/aromatic N) is 3. The highest BCUT2D eigenvalue weighted by molar-refractivity contribution is 6.30. The molecule has 1 heterocycles. The number of hydrogen-bond donors (Lipinski definition) is 2. The molecule has 0 aliphatic heterocycles. The Kier molecular flexibility index (Phi) is 8.34. The molecule has 0 bridgehead atoms. The Morgan fingerprint density at radius 3 is 2.43 bits per heavy atom. The van der Waals surface area contributed by atoms with Crippen LogP contribution in [0.5, 0.6) is 5.75 Å². The van der Waals surface area contributed by atoms with Gasteiger partial charge in [0.1, 0.15) is 5.75 Å². The van der Waals surface area contributed by atoms with Gasteiger partial charge >= 0.3 is 17.3 Å². The summed E-state index contributed by atoms with van der Waals surface area (Å²) in [6.07, 6.45) is -0.0456. The maximum atomic E-state index is 13.5. The summed E-state index contributed by atoms with van der Waals surface area (Å²) in [4.78, 5) is 45.0. The van der Waals surface area contributed by atoms with Crippen LogP contribution in [-0.2, 0) is 11.3 Å². The lowest BCUT2D eigenvalue weighted by atomic mass is 10.1. The predicted molar refractivity (Wildman–Crippen MR) is 134 cm³/mol. The minimum atomic E-state index is -1.10. The Morgan fingerprint density at radius 1 is 1.17 bits per heavy atom. The van der Waals surface area contributed by atoms with E-state index in [2.05, 4.69) is 9.98 Å². The SMILES string of the molecule is CC[C@H](CC(=O)O)n1c(=O)[nH]/c(=N\c2ccc(OC(C)C)c(C)c2)n(Cc2ccc(Cl)cc2)c1=O. The number of benzene rings is 2. The molecule has 0 unspecified atom stereocenters. The smallest absolute Gasteiger partial charge is 0.335 e. The van der Waals surface area contributed by atoms with Crippen molar-refractivity contribution in [3.63, 3.8) is 0 Å². The number of ether oxygens (including phenoxy) is 1. The molecular weight excluding hydrogens is 472 g/mol. The minimum Gasteiger partial charge on any atom is -0.491 e. The van der Waals surface area contributed by atoms with Gasteiger partial charge in [-0.05, 0) is 68.7 Å². The number of halogens is 1. The molecule has 0 aliphatic rings. The van der Waals surface area contributed by atoms with Gasteiger partial charge in [-0.2, -0.15) is 0 Å². The first-order chi connectivity index (χ1) is 16.6. The van der Waals surface area contributed by atoms with Crippen LogP contribution in [0.25, 0.3) is 0 Å². The van der Waals surface area contributed by atoms with Crippen molar-refractivity contribution in [1.29, 1.82) is 0 Å². The summed E-state index contributed by atoms with van der Waals surface area (Å²) in [6.45, 7) is 7.58. The molecule has 9 nitrogen and oxygen atoms in total. The van der Waals surface area contributed by atoms with Gasteiger partial charge in [-0.3, -0.25) is 14.3 Å². The van der Waals surface area contributed by atoms with Crippen molar-refractivity contribution < 1.29 is 14.6 Å². The molecule has 0 amide bonds. The number of hydrogen-bond acceptors (Lipinski definition) is 5. The van der Waals surface area contributed by atoms with E-state index >= 15 is 0 Å². The standard InChI is InChI=1S/C25H29ClN4O5/c1-5-20(13-22(31)32)30-24(33)28-23(27-19-10-11-21(16(4)12-19)35-15(2)3)29(25(30)34)14-17-6-8-18(26)9-7-17/h6-12,15,20H,5,13-14H2,1-4H3,(H,31,32)(H,27,28,33)/t20-/m1/s1. The van der Waals surface area contributed by atoms with Crippen LogP contribution in [0, 0.1) is 6.92 Å². The fraction of sp³-hybridized carbons (Fsp3) is 0.360. The molecule has 35 heavy (non-hydrogen) atoms. The molecule has 0 fully saturated rings. The first kappa shape index (κ1) is 26.0. The first-order valence-corrected chi connectivity index (χ1v) is 11.7. The summed E-state index contributed by atoms with van der Waals surface area (Å²) in [5.41, 5.74) is 0.821. The van der Waals surface area contributed by atoms with E-state index in [-0.39, 0.29) is 24.7 Å². The van der Waals surface area contributed by atoms with Gasteiger partial charge in [0.15, 0.2) is 0 Å². The second-order valence-electron chi connectivity index (χ2n) is 8.51. The number of carbonyl (C=O) groups is 1. The van der Waals surface area contributed by atoms with Gasteiger partial charge in [0.05, 0.1) is 30.8 Å². The molecule has 0 radical (unpaired) electrons. The van der Waals surface area contributed by atoms with Gasteiger partial charge < -0.3 is 9.84 Å². The van der Waals surface area contributed by atoms with Crippen molar-refractivity contribution in [2.24, 2.45) is 4.99 Å². The van der Waals surface area contributed by atoms with E-state index < -0.39 is 23.4 Å². The number of carboxylic acids is 1. The number of carboxylic acid groups (broad SMARTS) is 1. The van der Waals surface area contributed by atoms with Gasteiger partial charge in [-0.1, -0.05) is 30.7 Å². The zero-order valence-electron chi connectivity index (χ0n) is 20.1. The first-order valence-electron chi connectivity index (χ1n) is 11.3. The lowest BCUT2D eigenvalue weighted by molar-refractivity contribution is -0.138. The summed E-state index contributed by atoms with van der Waals surface area (Å²) in [6, 6.07) is 11.5. The monoisotopic (exact) mass is 500 g/mol. The topological polar surface area (TPSA) is 119 Å². The summed E-state index contributed by atoms with van der Waals surface area (Å²) >= 11 is 5.99. The molecule has 1 atom stereocenters. The molecule has 3 rings (SSSR count). The number of H-pyrrole nitrogens is 1. The number of aromatic nitrogens is 3. The number of aliphatic carboxylic acids is 1. The summed E-state index contributed by atoms with van der Waals surface area (Å²) in [5.74, 6) is -0.378. The highest BCUT2D eigenvalue weighted by atomic mass is 35.5. The van der Waals surface area contributed by atoms with Crippen molar-refractivity contribution in [3.8, 4) is 5.75 Å². The number of nitrogens with one attached hydrogen (secondary N) is 1. The molecule has 186 valence electrons. The molecule has 1 aromatic heterocycles. The third kappa shape index (κ3) is 6.51. The second-order valence-corrected chi connectivity index (χ2v) is 8.94. The van der Waals surface area contributed by atoms with Gasteiger partial charge in [-0.15, -0.1) is 0 Å². The van der Waals surface area contributed by atoms with Crippen molar-refractivity contribution in [2.75, 3.05) is 0 Å². The van der Waals surface area contributed by atoms with Crippen molar-refractivity contribution >= 4 is 23.3 Å². The molecule has 0 spiro atoms. The average molecular weight is 501 g/mol. The van der Waals surface area contributed by atoms with Crippen LogP contribution in [0.15, 0.2) is 57.0 Å². The Morgan fingerprint density at radius 2 is 1.86 bits per heavy atom. The zero-order valence-corrected chi connectivity index (χ0v) is 20.9. The second kappa shape index (κ2) is 11.2. The molecule has 0 aliphatic carbocycles. The molecule has 3 aromatic rings. The maximum absolute atomic E-state index is 13.5. The molecule has 10 heteroatoms. The van der Waals surface area contributed by atoms with Crippen molar-refractivity contribution in [3.05, 3.63) is 85.2 Å². The predicted octanol–water partition coefficient (Wildman–Crippen LogP) is 3.79. The quantitative estimate of drug-likeness (QED) is 0.463. The summed E-state index contributed by atoms with van der Waals surface area (Å²) in [7, 11) is 0. The van der Waals surface area contributed by atoms with E-state index in [1.165, 1.54) is 4.57 Å². The lowest BCUT2D eigenvalue weighted by Crippen LogP contribution is -2.51. The van der Waals surface area contributed by atoms with Crippen molar-refractivity contribution in [1.82, 2.24) is 14.1 Å². The Bertz CT molecular complexity index is 1390. The van der Waals surface area contributed by atoms with Crippen LogP contribution in [0.4, 0.5) is 5.69 Å². The van der Waals surface area contributed by atoms with E-state index in [0.29, 0.717) is 17.1 Å². The summed E-state index contributed by atoms with van der Waals surface area (Å²) in [5, 5.41) is 9.82.